The lowest BCUT2D eigenvalue weighted by Crippen LogP contribution is -2.46. The third kappa shape index (κ3) is 4.55. The van der Waals surface area contributed by atoms with Gasteiger partial charge in [0.1, 0.15) is 0 Å². The second kappa shape index (κ2) is 8.58. The molecule has 3 aromatic rings. The van der Waals surface area contributed by atoms with Gasteiger partial charge < -0.3 is 10.2 Å². The number of hydrogen-bond acceptors (Lipinski definition) is 4. The largest absolute Gasteiger partial charge is 0.307 e. The van der Waals surface area contributed by atoms with Crippen molar-refractivity contribution < 1.29 is 13.2 Å². The Hall–Kier alpha value is -2.70. The van der Waals surface area contributed by atoms with E-state index in [9.17, 15) is 13.2 Å². The molecule has 1 aliphatic heterocycles. The summed E-state index contributed by atoms with van der Waals surface area (Å²) in [4.78, 5) is 14.8. The molecule has 4 rings (SSSR count). The second-order valence-electron chi connectivity index (χ2n) is 7.87. The molecule has 1 heterocycles. The van der Waals surface area contributed by atoms with Gasteiger partial charge in [0.15, 0.2) is 9.84 Å². The fourth-order valence-electron chi connectivity index (χ4n) is 4.05. The summed E-state index contributed by atoms with van der Waals surface area (Å²) < 4.78 is 24.0. The van der Waals surface area contributed by atoms with Crippen LogP contribution in [0.3, 0.4) is 0 Å². The first kappa shape index (κ1) is 20.6. The molecule has 1 amide bonds. The lowest BCUT2D eigenvalue weighted by atomic mass is 10.0. The molecule has 2 atom stereocenters. The van der Waals surface area contributed by atoms with Crippen molar-refractivity contribution in [2.45, 2.75) is 25.4 Å². The molecule has 0 aromatic heterocycles. The minimum atomic E-state index is -3.09. The molecule has 0 saturated carbocycles. The van der Waals surface area contributed by atoms with Gasteiger partial charge in [-0.05, 0) is 47.9 Å². The van der Waals surface area contributed by atoms with Gasteiger partial charge in [-0.2, -0.15) is 0 Å². The van der Waals surface area contributed by atoms with E-state index in [-0.39, 0.29) is 36.0 Å². The Labute approximate surface area is 177 Å². The average molecular weight is 423 g/mol. The number of benzene rings is 3. The van der Waals surface area contributed by atoms with Crippen LogP contribution >= 0.6 is 0 Å². The van der Waals surface area contributed by atoms with Gasteiger partial charge in [-0.15, -0.1) is 0 Å². The third-order valence-corrected chi connectivity index (χ3v) is 7.46. The SMILES string of the molecule is C[C@H](NCC(=O)N(c1ccccc1)[C@H]1CCS(=O)(=O)C1)c1ccc2ccccc2c1. The van der Waals surface area contributed by atoms with Gasteiger partial charge in [-0.1, -0.05) is 54.6 Å². The zero-order chi connectivity index (χ0) is 21.1. The molecule has 1 aliphatic rings. The highest BCUT2D eigenvalue weighted by molar-refractivity contribution is 7.91. The van der Waals surface area contributed by atoms with E-state index in [4.69, 9.17) is 0 Å². The molecule has 30 heavy (non-hydrogen) atoms. The lowest BCUT2D eigenvalue weighted by molar-refractivity contribution is -0.118. The smallest absolute Gasteiger partial charge is 0.241 e. The van der Waals surface area contributed by atoms with Crippen molar-refractivity contribution in [3.8, 4) is 0 Å². The van der Waals surface area contributed by atoms with Crippen LogP contribution in [0.25, 0.3) is 10.8 Å². The van der Waals surface area contributed by atoms with Gasteiger partial charge in [-0.3, -0.25) is 4.79 Å². The van der Waals surface area contributed by atoms with E-state index in [0.717, 1.165) is 16.6 Å². The number of hydrogen-bond donors (Lipinski definition) is 1. The topological polar surface area (TPSA) is 66.5 Å². The van der Waals surface area contributed by atoms with Crippen LogP contribution in [-0.2, 0) is 14.6 Å². The van der Waals surface area contributed by atoms with Crippen molar-refractivity contribution in [2.24, 2.45) is 0 Å². The highest BCUT2D eigenvalue weighted by atomic mass is 32.2. The highest BCUT2D eigenvalue weighted by Crippen LogP contribution is 2.25. The number of rotatable bonds is 6. The molecular formula is C24H26N2O3S. The molecule has 3 aromatic carbocycles. The number of fused-ring (bicyclic) bond motifs is 1. The third-order valence-electron chi connectivity index (χ3n) is 5.71. The predicted molar refractivity (Wildman–Crippen MR) is 121 cm³/mol. The number of nitrogens with zero attached hydrogens (tertiary/aromatic N) is 1. The van der Waals surface area contributed by atoms with E-state index in [1.54, 1.807) is 4.90 Å². The van der Waals surface area contributed by atoms with Gasteiger partial charge >= 0.3 is 0 Å². The Balaban J connectivity index is 1.49. The maximum Gasteiger partial charge on any atom is 0.241 e. The van der Waals surface area contributed by atoms with Crippen molar-refractivity contribution in [1.29, 1.82) is 0 Å². The number of nitrogens with one attached hydrogen (secondary N) is 1. The maximum absolute atomic E-state index is 13.2. The Morgan fingerprint density at radius 1 is 1.03 bits per heavy atom. The van der Waals surface area contributed by atoms with E-state index < -0.39 is 9.84 Å². The first-order valence-corrected chi connectivity index (χ1v) is 12.0. The van der Waals surface area contributed by atoms with Crippen molar-refractivity contribution in [3.05, 3.63) is 78.4 Å². The predicted octanol–water partition coefficient (Wildman–Crippen LogP) is 3.71. The Morgan fingerprint density at radius 2 is 1.73 bits per heavy atom. The average Bonchev–Trinajstić information content (AvgIpc) is 3.11. The number of carbonyl (C=O) groups excluding carboxylic acids is 1. The monoisotopic (exact) mass is 422 g/mol. The molecular weight excluding hydrogens is 396 g/mol. The Kier molecular flexibility index (Phi) is 5.88. The quantitative estimate of drug-likeness (QED) is 0.658. The molecule has 156 valence electrons. The normalized spacial score (nSPS) is 18.9. The van der Waals surface area contributed by atoms with Crippen molar-refractivity contribution in [3.63, 3.8) is 0 Å². The first-order valence-electron chi connectivity index (χ1n) is 10.2. The molecule has 1 saturated heterocycles. The van der Waals surface area contributed by atoms with E-state index in [1.165, 1.54) is 5.39 Å². The van der Waals surface area contributed by atoms with E-state index in [1.807, 2.05) is 49.4 Å². The van der Waals surface area contributed by atoms with Crippen LogP contribution in [0, 0.1) is 0 Å². The van der Waals surface area contributed by atoms with Crippen molar-refractivity contribution in [1.82, 2.24) is 5.32 Å². The van der Waals surface area contributed by atoms with E-state index in [2.05, 4.69) is 35.6 Å². The summed E-state index contributed by atoms with van der Waals surface area (Å²) in [7, 11) is -3.09. The second-order valence-corrected chi connectivity index (χ2v) is 10.1. The number of sulfone groups is 1. The summed E-state index contributed by atoms with van der Waals surface area (Å²) in [5, 5.41) is 5.66. The zero-order valence-electron chi connectivity index (χ0n) is 17.0. The number of carbonyl (C=O) groups is 1. The molecule has 5 nitrogen and oxygen atoms in total. The molecule has 0 aliphatic carbocycles. The van der Waals surface area contributed by atoms with E-state index >= 15 is 0 Å². The van der Waals surface area contributed by atoms with E-state index in [0.29, 0.717) is 6.42 Å². The molecule has 0 spiro atoms. The molecule has 0 radical (unpaired) electrons. The summed E-state index contributed by atoms with van der Waals surface area (Å²) in [6.45, 7) is 2.17. The number of anilines is 1. The molecule has 0 unspecified atom stereocenters. The number of amides is 1. The van der Waals surface area contributed by atoms with Crippen LogP contribution in [0.15, 0.2) is 72.8 Å². The summed E-state index contributed by atoms with van der Waals surface area (Å²) >= 11 is 0. The van der Waals surface area contributed by atoms with Crippen LogP contribution in [-0.4, -0.2) is 38.4 Å². The standard InChI is InChI=1S/C24H26N2O3S/c1-18(20-12-11-19-7-5-6-8-21(19)15-20)25-16-24(27)26(22-9-3-2-4-10-22)23-13-14-30(28,29)17-23/h2-12,15,18,23,25H,13-14,16-17H2,1H3/t18-,23-/m0/s1. The molecule has 0 bridgehead atoms. The summed E-state index contributed by atoms with van der Waals surface area (Å²) in [6, 6.07) is 23.5. The van der Waals surface area contributed by atoms with Crippen molar-refractivity contribution >= 4 is 32.2 Å². The van der Waals surface area contributed by atoms with Crippen LogP contribution in [0.1, 0.15) is 24.9 Å². The van der Waals surface area contributed by atoms with Gasteiger partial charge in [-0.25, -0.2) is 8.42 Å². The lowest BCUT2D eigenvalue weighted by Gasteiger charge is -2.29. The zero-order valence-corrected chi connectivity index (χ0v) is 17.8. The maximum atomic E-state index is 13.2. The van der Waals surface area contributed by atoms with Gasteiger partial charge in [0.25, 0.3) is 0 Å². The molecule has 1 fully saturated rings. The fraction of sp³-hybridized carbons (Fsp3) is 0.292. The number of para-hydroxylation sites is 1. The minimum Gasteiger partial charge on any atom is -0.307 e. The molecule has 6 heteroatoms. The van der Waals surface area contributed by atoms with Gasteiger partial charge in [0.2, 0.25) is 5.91 Å². The Morgan fingerprint density at radius 3 is 2.43 bits per heavy atom. The highest BCUT2D eigenvalue weighted by Gasteiger charge is 2.35. The minimum absolute atomic E-state index is 0.0107. The van der Waals surface area contributed by atoms with Crippen LogP contribution in [0.4, 0.5) is 5.69 Å². The van der Waals surface area contributed by atoms with Gasteiger partial charge in [0.05, 0.1) is 24.1 Å². The van der Waals surface area contributed by atoms with Crippen LogP contribution in [0.5, 0.6) is 0 Å². The fourth-order valence-corrected chi connectivity index (χ4v) is 5.75. The molecule has 1 N–H and O–H groups in total. The van der Waals surface area contributed by atoms with Crippen LogP contribution < -0.4 is 10.2 Å². The van der Waals surface area contributed by atoms with Gasteiger partial charge in [0, 0.05) is 11.7 Å². The summed E-state index contributed by atoms with van der Waals surface area (Å²) in [5.41, 5.74) is 1.85. The van der Waals surface area contributed by atoms with Crippen molar-refractivity contribution in [2.75, 3.05) is 23.0 Å². The summed E-state index contributed by atoms with van der Waals surface area (Å²) in [6.07, 6.45) is 0.475. The first-order chi connectivity index (χ1) is 14.4. The van der Waals surface area contributed by atoms with Crippen LogP contribution in [0.2, 0.25) is 0 Å². The summed E-state index contributed by atoms with van der Waals surface area (Å²) in [5.74, 6) is 0.0409. The Bertz CT molecular complexity index is 1150.